The van der Waals surface area contributed by atoms with Crippen molar-refractivity contribution >= 4 is 33.3 Å². The number of ketones is 1. The molecular weight excluding hydrogens is 420 g/mol. The van der Waals surface area contributed by atoms with E-state index in [1.54, 1.807) is 25.4 Å². The van der Waals surface area contributed by atoms with Gasteiger partial charge in [-0.3, -0.25) is 13.7 Å². The molecule has 0 radical (unpaired) electrons. The zero-order valence-corrected chi connectivity index (χ0v) is 18.4. The van der Waals surface area contributed by atoms with E-state index in [4.69, 9.17) is 0 Å². The molecule has 2 aromatic carbocycles. The van der Waals surface area contributed by atoms with E-state index in [1.165, 1.54) is 16.1 Å². The normalized spacial score (nSPS) is 13.5. The summed E-state index contributed by atoms with van der Waals surface area (Å²) in [7, 11) is -3.29. The van der Waals surface area contributed by atoms with Crippen LogP contribution < -0.4 is 4.31 Å². The van der Waals surface area contributed by atoms with Crippen LogP contribution in [0.1, 0.15) is 28.4 Å². The average molecular weight is 443 g/mol. The van der Waals surface area contributed by atoms with Gasteiger partial charge < -0.3 is 0 Å². The van der Waals surface area contributed by atoms with Crippen LogP contribution in [0, 0.1) is 6.92 Å². The number of hydrogen-bond donors (Lipinski definition) is 0. The molecule has 9 heteroatoms. The third-order valence-electron chi connectivity index (χ3n) is 5.18. The van der Waals surface area contributed by atoms with Crippen molar-refractivity contribution in [3.8, 4) is 5.69 Å². The maximum Gasteiger partial charge on any atom is 0.234 e. The number of hydrogen-bond acceptors (Lipinski definition) is 6. The minimum absolute atomic E-state index is 0.0288. The lowest BCUT2D eigenvalue weighted by Crippen LogP contribution is -2.30. The number of rotatable bonds is 7. The summed E-state index contributed by atoms with van der Waals surface area (Å²) >= 11 is 1.34. The van der Waals surface area contributed by atoms with E-state index in [2.05, 4.69) is 10.2 Å². The summed E-state index contributed by atoms with van der Waals surface area (Å²) in [5, 5.41) is 8.80. The summed E-state index contributed by atoms with van der Waals surface area (Å²) in [6, 6.07) is 13.2. The molecule has 0 saturated carbocycles. The number of nitrogens with zero attached hydrogens (tertiary/aromatic N) is 4. The quantitative estimate of drug-likeness (QED) is 0.412. The second-order valence-electron chi connectivity index (χ2n) is 7.05. The molecule has 0 saturated heterocycles. The Balaban J connectivity index is 1.49. The Bertz CT molecular complexity index is 1200. The zero-order chi connectivity index (χ0) is 21.3. The Morgan fingerprint density at radius 1 is 1.17 bits per heavy atom. The van der Waals surface area contributed by atoms with Gasteiger partial charge in [0.15, 0.2) is 10.9 Å². The van der Waals surface area contributed by atoms with Crippen molar-refractivity contribution in [3.63, 3.8) is 0 Å². The van der Waals surface area contributed by atoms with E-state index in [-0.39, 0.29) is 17.3 Å². The van der Waals surface area contributed by atoms with E-state index in [9.17, 15) is 13.2 Å². The number of aromatic nitrogens is 3. The summed E-state index contributed by atoms with van der Waals surface area (Å²) in [6.07, 6.45) is 2.26. The fourth-order valence-electron chi connectivity index (χ4n) is 3.52. The molecule has 0 spiro atoms. The fraction of sp³-hybridized carbons (Fsp3) is 0.286. The van der Waals surface area contributed by atoms with Crippen LogP contribution in [0.5, 0.6) is 0 Å². The molecule has 1 aliphatic rings. The Morgan fingerprint density at radius 2 is 1.97 bits per heavy atom. The Morgan fingerprint density at radius 3 is 2.73 bits per heavy atom. The highest BCUT2D eigenvalue weighted by Gasteiger charge is 2.28. The van der Waals surface area contributed by atoms with Crippen LogP contribution in [-0.2, 0) is 16.4 Å². The first kappa shape index (κ1) is 20.6. The molecule has 4 rings (SSSR count). The molecule has 0 N–H and O–H groups in total. The molecule has 0 aliphatic carbocycles. The van der Waals surface area contributed by atoms with Crippen molar-refractivity contribution in [1.82, 2.24) is 14.8 Å². The molecule has 0 bridgehead atoms. The number of para-hydroxylation sites is 1. The van der Waals surface area contributed by atoms with Crippen LogP contribution in [0.25, 0.3) is 5.69 Å². The van der Waals surface area contributed by atoms with Gasteiger partial charge in [0.05, 0.1) is 22.9 Å². The first-order chi connectivity index (χ1) is 14.4. The van der Waals surface area contributed by atoms with Gasteiger partial charge in [-0.1, -0.05) is 30.0 Å². The highest BCUT2D eigenvalue weighted by molar-refractivity contribution is 7.99. The third kappa shape index (κ3) is 3.87. The van der Waals surface area contributed by atoms with Crippen molar-refractivity contribution in [1.29, 1.82) is 0 Å². The van der Waals surface area contributed by atoms with Crippen LogP contribution in [0.2, 0.25) is 0 Å². The fourth-order valence-corrected chi connectivity index (χ4v) is 5.50. The monoisotopic (exact) mass is 442 g/mol. The van der Waals surface area contributed by atoms with Gasteiger partial charge >= 0.3 is 0 Å². The summed E-state index contributed by atoms with van der Waals surface area (Å²) in [6.45, 7) is 4.08. The highest BCUT2D eigenvalue weighted by Crippen LogP contribution is 2.32. The summed E-state index contributed by atoms with van der Waals surface area (Å²) in [5.41, 5.74) is 4.23. The predicted octanol–water partition coefficient (Wildman–Crippen LogP) is 3.26. The number of carbonyl (C=O) groups excluding carboxylic acids is 1. The van der Waals surface area contributed by atoms with Crippen molar-refractivity contribution in [2.45, 2.75) is 25.4 Å². The lowest BCUT2D eigenvalue weighted by atomic mass is 10.1. The molecule has 0 fully saturated rings. The molecule has 7 nitrogen and oxygen atoms in total. The molecule has 0 amide bonds. The molecule has 156 valence electrons. The SMILES string of the molecule is CCS(=O)(=O)N1CCc2cc(C(=O)CSc3nncn3-c3ccccc3C)ccc21. The lowest BCUT2D eigenvalue weighted by molar-refractivity contribution is 0.102. The minimum Gasteiger partial charge on any atom is -0.293 e. The topological polar surface area (TPSA) is 85.2 Å². The van der Waals surface area contributed by atoms with Gasteiger partial charge in [-0.05, 0) is 55.7 Å². The molecule has 2 heterocycles. The van der Waals surface area contributed by atoms with E-state index in [1.807, 2.05) is 41.8 Å². The van der Waals surface area contributed by atoms with E-state index in [0.29, 0.717) is 29.4 Å². The maximum atomic E-state index is 12.8. The number of thioether (sulfide) groups is 1. The van der Waals surface area contributed by atoms with Gasteiger partial charge in [0.25, 0.3) is 0 Å². The molecule has 3 aromatic rings. The summed E-state index contributed by atoms with van der Waals surface area (Å²) < 4.78 is 27.8. The van der Waals surface area contributed by atoms with Gasteiger partial charge in [0.2, 0.25) is 10.0 Å². The first-order valence-electron chi connectivity index (χ1n) is 9.66. The molecule has 1 aliphatic heterocycles. The van der Waals surface area contributed by atoms with Gasteiger partial charge in [0.1, 0.15) is 6.33 Å². The average Bonchev–Trinajstić information content (AvgIpc) is 3.39. The number of anilines is 1. The smallest absolute Gasteiger partial charge is 0.234 e. The summed E-state index contributed by atoms with van der Waals surface area (Å²) in [5.74, 6) is 0.255. The number of aryl methyl sites for hydroxylation is 1. The number of sulfonamides is 1. The molecule has 0 atom stereocenters. The largest absolute Gasteiger partial charge is 0.293 e. The van der Waals surface area contributed by atoms with E-state index >= 15 is 0 Å². The zero-order valence-electron chi connectivity index (χ0n) is 16.8. The number of fused-ring (bicyclic) bond motifs is 1. The van der Waals surface area contributed by atoms with Crippen molar-refractivity contribution in [3.05, 3.63) is 65.5 Å². The van der Waals surface area contributed by atoms with Gasteiger partial charge in [-0.2, -0.15) is 0 Å². The number of benzene rings is 2. The summed E-state index contributed by atoms with van der Waals surface area (Å²) in [4.78, 5) is 12.8. The Hall–Kier alpha value is -2.65. The molecular formula is C21H22N4O3S2. The lowest BCUT2D eigenvalue weighted by Gasteiger charge is -2.18. The van der Waals surface area contributed by atoms with Crippen molar-refractivity contribution in [2.24, 2.45) is 0 Å². The van der Waals surface area contributed by atoms with E-state index < -0.39 is 10.0 Å². The van der Waals surface area contributed by atoms with Crippen LogP contribution >= 0.6 is 11.8 Å². The van der Waals surface area contributed by atoms with Gasteiger partial charge in [0, 0.05) is 12.1 Å². The van der Waals surface area contributed by atoms with Crippen molar-refractivity contribution in [2.75, 3.05) is 22.4 Å². The minimum atomic E-state index is -3.29. The second-order valence-corrected chi connectivity index (χ2v) is 10.2. The molecule has 30 heavy (non-hydrogen) atoms. The Kier molecular flexibility index (Phi) is 5.66. The first-order valence-corrected chi connectivity index (χ1v) is 12.3. The molecule has 0 unspecified atom stereocenters. The number of carbonyl (C=O) groups is 1. The Labute approximate surface area is 180 Å². The maximum absolute atomic E-state index is 12.8. The predicted molar refractivity (Wildman–Crippen MR) is 118 cm³/mol. The van der Waals surface area contributed by atoms with Crippen molar-refractivity contribution < 1.29 is 13.2 Å². The van der Waals surface area contributed by atoms with Crippen LogP contribution in [0.15, 0.2) is 53.9 Å². The van der Waals surface area contributed by atoms with Crippen LogP contribution in [0.4, 0.5) is 5.69 Å². The third-order valence-corrected chi connectivity index (χ3v) is 7.90. The van der Waals surface area contributed by atoms with Gasteiger partial charge in [-0.15, -0.1) is 10.2 Å². The van der Waals surface area contributed by atoms with Gasteiger partial charge in [-0.25, -0.2) is 8.42 Å². The standard InChI is InChI=1S/C21H22N4O3S2/c1-3-30(27,28)25-11-10-16-12-17(8-9-19(16)25)20(26)13-29-21-23-22-14-24(21)18-7-5-4-6-15(18)2/h4-9,12,14H,3,10-11,13H2,1-2H3. The highest BCUT2D eigenvalue weighted by atomic mass is 32.2. The second kappa shape index (κ2) is 8.23. The number of Topliss-reactive ketones (excluding diaryl/α,β-unsaturated/α-hetero) is 1. The van der Waals surface area contributed by atoms with Crippen LogP contribution in [0.3, 0.4) is 0 Å². The van der Waals surface area contributed by atoms with Crippen LogP contribution in [-0.4, -0.2) is 47.0 Å². The van der Waals surface area contributed by atoms with E-state index in [0.717, 1.165) is 16.8 Å². The molecule has 1 aromatic heterocycles.